The third kappa shape index (κ3) is 1.33. The Morgan fingerprint density at radius 3 is 1.84 bits per heavy atom. The molecule has 2 aliphatic carbocycles. The van der Waals surface area contributed by atoms with Crippen molar-refractivity contribution in [1.29, 1.82) is 0 Å². The lowest BCUT2D eigenvalue weighted by atomic mass is 9.78. The first kappa shape index (κ1) is 11.7. The van der Waals surface area contributed by atoms with Gasteiger partial charge in [-0.15, -0.1) is 0 Å². The third-order valence-corrected chi connectivity index (χ3v) is 5.28. The minimum atomic E-state index is -0.190. The van der Waals surface area contributed by atoms with Crippen molar-refractivity contribution in [1.82, 2.24) is 0 Å². The van der Waals surface area contributed by atoms with Gasteiger partial charge in [0.15, 0.2) is 12.2 Å². The largest absolute Gasteiger partial charge is 0.392 e. The predicted octanol–water partition coefficient (Wildman–Crippen LogP) is 0.287. The topological polar surface area (TPSA) is 83.6 Å². The number of hydrogen-bond donors (Lipinski definition) is 2. The van der Waals surface area contributed by atoms with Gasteiger partial charge in [-0.3, -0.25) is 0 Å². The summed E-state index contributed by atoms with van der Waals surface area (Å²) in [6.07, 6.45) is 3.61. The highest BCUT2D eigenvalue weighted by Gasteiger charge is 2.61. The molecule has 0 aromatic heterocycles. The molecule has 2 aliphatic heterocycles. The van der Waals surface area contributed by atoms with Gasteiger partial charge in [0.05, 0.1) is 30.1 Å². The molecule has 2 fully saturated rings. The summed E-state index contributed by atoms with van der Waals surface area (Å²) < 4.78 is 0. The van der Waals surface area contributed by atoms with Crippen LogP contribution in [0.2, 0.25) is 0 Å². The zero-order valence-corrected chi connectivity index (χ0v) is 10.7. The van der Waals surface area contributed by atoms with Crippen LogP contribution in [-0.4, -0.2) is 47.1 Å². The number of rotatable bonds is 2. The van der Waals surface area contributed by atoms with E-state index >= 15 is 0 Å². The molecule has 2 unspecified atom stereocenters. The van der Waals surface area contributed by atoms with Crippen molar-refractivity contribution in [3.05, 3.63) is 0 Å². The first-order valence-corrected chi connectivity index (χ1v) is 7.00. The number of fused-ring (bicyclic) bond motifs is 4. The number of nitrogens with zero attached hydrogens (tertiary/aromatic N) is 2. The van der Waals surface area contributed by atoms with Gasteiger partial charge < -0.3 is 19.9 Å². The van der Waals surface area contributed by atoms with E-state index in [1.165, 1.54) is 0 Å². The van der Waals surface area contributed by atoms with Crippen LogP contribution in [0.1, 0.15) is 25.7 Å². The number of hydrogen-bond acceptors (Lipinski definition) is 6. The minimum absolute atomic E-state index is 0.0133. The van der Waals surface area contributed by atoms with E-state index in [2.05, 4.69) is 10.3 Å². The van der Waals surface area contributed by atoms with Crippen LogP contribution in [0.25, 0.3) is 0 Å². The van der Waals surface area contributed by atoms with Crippen molar-refractivity contribution >= 4 is 11.4 Å². The summed E-state index contributed by atoms with van der Waals surface area (Å²) in [5.41, 5.74) is 1.98. The van der Waals surface area contributed by atoms with Crippen LogP contribution in [0.15, 0.2) is 10.3 Å². The number of aliphatic hydroxyl groups is 2. The van der Waals surface area contributed by atoms with E-state index in [0.717, 1.165) is 37.1 Å². The van der Waals surface area contributed by atoms with Crippen LogP contribution in [-0.2, 0) is 9.68 Å². The van der Waals surface area contributed by atoms with E-state index < -0.39 is 0 Å². The summed E-state index contributed by atoms with van der Waals surface area (Å²) >= 11 is 0. The molecule has 5 atom stereocenters. The minimum Gasteiger partial charge on any atom is -0.392 e. The van der Waals surface area contributed by atoms with Gasteiger partial charge in [-0.1, -0.05) is 10.3 Å². The average Bonchev–Trinajstić information content (AvgIpc) is 3.15. The molecule has 19 heavy (non-hydrogen) atoms. The van der Waals surface area contributed by atoms with Gasteiger partial charge in [0.2, 0.25) is 0 Å². The maximum absolute atomic E-state index is 9.33. The van der Waals surface area contributed by atoms with Crippen LogP contribution >= 0.6 is 0 Å². The molecular formula is C13H18N2O4. The SMILES string of the molecule is OCC1ON=C2[C@@H]1CCC21CC[C@H]2C1=NO[C@H]2CO. The summed E-state index contributed by atoms with van der Waals surface area (Å²) in [6.45, 7) is 0.0266. The average molecular weight is 266 g/mol. The maximum Gasteiger partial charge on any atom is 0.158 e. The molecule has 0 aromatic carbocycles. The molecule has 104 valence electrons. The molecule has 0 saturated heterocycles. The maximum atomic E-state index is 9.33. The monoisotopic (exact) mass is 266 g/mol. The quantitative estimate of drug-likeness (QED) is 0.752. The zero-order chi connectivity index (χ0) is 13.0. The van der Waals surface area contributed by atoms with Crippen LogP contribution in [0, 0.1) is 17.3 Å². The highest BCUT2D eigenvalue weighted by molar-refractivity contribution is 6.16. The molecule has 4 aliphatic rings. The van der Waals surface area contributed by atoms with Crippen molar-refractivity contribution in [2.24, 2.45) is 27.6 Å². The van der Waals surface area contributed by atoms with E-state index in [9.17, 15) is 10.2 Å². The lowest BCUT2D eigenvalue weighted by Gasteiger charge is -2.22. The summed E-state index contributed by atoms with van der Waals surface area (Å²) in [5.74, 6) is 0.444. The summed E-state index contributed by atoms with van der Waals surface area (Å²) in [4.78, 5) is 10.7. The van der Waals surface area contributed by atoms with Crippen molar-refractivity contribution in [3.8, 4) is 0 Å². The molecule has 1 spiro atoms. The second-order valence-electron chi connectivity index (χ2n) is 5.98. The highest BCUT2D eigenvalue weighted by atomic mass is 16.7. The molecule has 2 saturated carbocycles. The van der Waals surface area contributed by atoms with E-state index in [1.807, 2.05) is 0 Å². The first-order valence-electron chi connectivity index (χ1n) is 7.00. The fourth-order valence-electron chi connectivity index (χ4n) is 4.31. The molecule has 0 amide bonds. The van der Waals surface area contributed by atoms with Gasteiger partial charge in [-0.2, -0.15) is 0 Å². The molecule has 4 rings (SSSR count). The predicted molar refractivity (Wildman–Crippen MR) is 66.7 cm³/mol. The molecule has 2 heterocycles. The first-order chi connectivity index (χ1) is 9.30. The Labute approximate surface area is 111 Å². The van der Waals surface area contributed by atoms with Crippen LogP contribution in [0.5, 0.6) is 0 Å². The van der Waals surface area contributed by atoms with Crippen molar-refractivity contribution in [2.45, 2.75) is 37.9 Å². The van der Waals surface area contributed by atoms with Gasteiger partial charge in [-0.05, 0) is 25.7 Å². The zero-order valence-electron chi connectivity index (χ0n) is 10.7. The Morgan fingerprint density at radius 2 is 1.42 bits per heavy atom. The van der Waals surface area contributed by atoms with Gasteiger partial charge in [0.25, 0.3) is 0 Å². The van der Waals surface area contributed by atoms with Crippen LogP contribution in [0.3, 0.4) is 0 Å². The van der Waals surface area contributed by atoms with Crippen LogP contribution in [0.4, 0.5) is 0 Å². The number of oxime groups is 2. The lowest BCUT2D eigenvalue weighted by Crippen LogP contribution is -2.36. The lowest BCUT2D eigenvalue weighted by molar-refractivity contribution is 0.0145. The van der Waals surface area contributed by atoms with Gasteiger partial charge in [0.1, 0.15) is 0 Å². The third-order valence-electron chi connectivity index (χ3n) is 5.28. The van der Waals surface area contributed by atoms with E-state index in [1.54, 1.807) is 0 Å². The smallest absolute Gasteiger partial charge is 0.158 e. The fourth-order valence-corrected chi connectivity index (χ4v) is 4.31. The van der Waals surface area contributed by atoms with E-state index in [4.69, 9.17) is 9.68 Å². The number of aliphatic hydroxyl groups excluding tert-OH is 2. The van der Waals surface area contributed by atoms with Crippen LogP contribution < -0.4 is 0 Å². The van der Waals surface area contributed by atoms with E-state index in [0.29, 0.717) is 0 Å². The Balaban J connectivity index is 1.67. The van der Waals surface area contributed by atoms with Gasteiger partial charge in [0, 0.05) is 11.8 Å². The van der Waals surface area contributed by atoms with Crippen molar-refractivity contribution in [3.63, 3.8) is 0 Å². The van der Waals surface area contributed by atoms with Gasteiger partial charge >= 0.3 is 0 Å². The summed E-state index contributed by atoms with van der Waals surface area (Å²) in [6, 6.07) is 0. The Kier molecular flexibility index (Phi) is 2.41. The molecular weight excluding hydrogens is 248 g/mol. The Bertz CT molecular complexity index is 420. The highest BCUT2D eigenvalue weighted by Crippen LogP contribution is 2.55. The van der Waals surface area contributed by atoms with Crippen molar-refractivity contribution < 1.29 is 19.9 Å². The van der Waals surface area contributed by atoms with Crippen molar-refractivity contribution in [2.75, 3.05) is 13.2 Å². The fraction of sp³-hybridized carbons (Fsp3) is 0.846. The molecule has 6 nitrogen and oxygen atoms in total. The Morgan fingerprint density at radius 1 is 0.947 bits per heavy atom. The summed E-state index contributed by atoms with van der Waals surface area (Å²) in [7, 11) is 0. The molecule has 0 aromatic rings. The second-order valence-corrected chi connectivity index (χ2v) is 5.98. The second kappa shape index (κ2) is 3.93. The summed E-state index contributed by atoms with van der Waals surface area (Å²) in [5, 5.41) is 27.2. The van der Waals surface area contributed by atoms with Gasteiger partial charge in [-0.25, -0.2) is 0 Å². The normalized spacial score (nSPS) is 46.6. The Hall–Kier alpha value is -1.14. The standard InChI is InChI=1S/C13H18N2O4/c16-5-9-7-1-3-13(11(7)14-18-9)4-2-8-10(6-17)19-15-12(8)13/h7-10,16-17H,1-6H2/t7-,8-,9+,10?,13?/m1/s1. The molecule has 0 bridgehead atoms. The van der Waals surface area contributed by atoms with E-state index in [-0.39, 0.29) is 42.7 Å². The molecule has 6 heteroatoms. The molecule has 2 N–H and O–H groups in total. The molecule has 0 radical (unpaired) electrons.